The number of nitro groups is 1. The number of thiazole rings is 1. The van der Waals surface area contributed by atoms with Crippen LogP contribution in [0.25, 0.3) is 11.3 Å². The van der Waals surface area contributed by atoms with Crippen molar-refractivity contribution in [2.24, 2.45) is 10.9 Å². The van der Waals surface area contributed by atoms with Gasteiger partial charge in [0.15, 0.2) is 4.80 Å². The fourth-order valence-electron chi connectivity index (χ4n) is 3.04. The minimum Gasteiger partial charge on any atom is -0.316 e. The van der Waals surface area contributed by atoms with E-state index in [1.54, 1.807) is 23.5 Å². The van der Waals surface area contributed by atoms with Gasteiger partial charge in [0.2, 0.25) is 0 Å². The van der Waals surface area contributed by atoms with Gasteiger partial charge in [-0.2, -0.15) is 0 Å². The summed E-state index contributed by atoms with van der Waals surface area (Å²) in [5.74, 6) is 0.575. The van der Waals surface area contributed by atoms with Gasteiger partial charge in [0.25, 0.3) is 5.69 Å². The second-order valence-electron chi connectivity index (χ2n) is 7.44. The first-order valence-electron chi connectivity index (χ1n) is 9.40. The average Bonchev–Trinajstić information content (AvgIpc) is 3.05. The zero-order chi connectivity index (χ0) is 20.3. The SMILES string of the molecule is Cc1ccc(N=c2scc(-c3ccc([N+](=O)[O-])cc3)n2CCC(C)C)c(C)c1. The van der Waals surface area contributed by atoms with E-state index in [-0.39, 0.29) is 10.6 Å². The molecule has 0 aliphatic heterocycles. The number of non-ortho nitro benzene ring substituents is 1. The summed E-state index contributed by atoms with van der Waals surface area (Å²) in [7, 11) is 0. The first kappa shape index (κ1) is 20.0. The van der Waals surface area contributed by atoms with E-state index in [1.807, 2.05) is 12.1 Å². The standard InChI is InChI=1S/C22H25N3O2S/c1-15(2)11-12-24-21(18-6-8-19(9-7-18)25(26)27)14-28-22(24)23-20-10-5-16(3)13-17(20)4/h5-10,13-15H,11-12H2,1-4H3. The van der Waals surface area contributed by atoms with Gasteiger partial charge in [-0.05, 0) is 55.5 Å². The molecule has 3 aromatic rings. The Kier molecular flexibility index (Phi) is 6.09. The van der Waals surface area contributed by atoms with Gasteiger partial charge >= 0.3 is 0 Å². The van der Waals surface area contributed by atoms with Crippen LogP contribution in [-0.4, -0.2) is 9.49 Å². The molecule has 146 valence electrons. The lowest BCUT2D eigenvalue weighted by Gasteiger charge is -2.11. The molecular weight excluding hydrogens is 370 g/mol. The zero-order valence-electron chi connectivity index (χ0n) is 16.7. The molecule has 1 heterocycles. The van der Waals surface area contributed by atoms with Crippen LogP contribution < -0.4 is 4.80 Å². The summed E-state index contributed by atoms with van der Waals surface area (Å²) >= 11 is 1.60. The van der Waals surface area contributed by atoms with E-state index < -0.39 is 0 Å². The maximum absolute atomic E-state index is 10.9. The summed E-state index contributed by atoms with van der Waals surface area (Å²) in [5, 5.41) is 13.0. The van der Waals surface area contributed by atoms with E-state index in [9.17, 15) is 10.1 Å². The van der Waals surface area contributed by atoms with E-state index >= 15 is 0 Å². The van der Waals surface area contributed by atoms with Crippen molar-refractivity contribution >= 4 is 22.7 Å². The van der Waals surface area contributed by atoms with E-state index in [1.165, 1.54) is 5.56 Å². The summed E-state index contributed by atoms with van der Waals surface area (Å²) in [4.78, 5) is 16.4. The molecule has 0 atom stereocenters. The molecule has 6 heteroatoms. The van der Waals surface area contributed by atoms with Crippen molar-refractivity contribution in [1.82, 2.24) is 4.57 Å². The van der Waals surface area contributed by atoms with Crippen LogP contribution in [0, 0.1) is 29.9 Å². The molecule has 0 fully saturated rings. The summed E-state index contributed by atoms with van der Waals surface area (Å²) in [6.07, 6.45) is 1.04. The van der Waals surface area contributed by atoms with Crippen molar-refractivity contribution in [1.29, 1.82) is 0 Å². The van der Waals surface area contributed by atoms with Crippen LogP contribution in [0.15, 0.2) is 52.8 Å². The third-order valence-corrected chi connectivity index (χ3v) is 5.53. The fourth-order valence-corrected chi connectivity index (χ4v) is 3.99. The first-order chi connectivity index (χ1) is 13.3. The van der Waals surface area contributed by atoms with E-state index in [0.29, 0.717) is 5.92 Å². The first-order valence-corrected chi connectivity index (χ1v) is 10.3. The monoisotopic (exact) mass is 395 g/mol. The Balaban J connectivity index is 2.08. The van der Waals surface area contributed by atoms with Crippen molar-refractivity contribution in [2.75, 3.05) is 0 Å². The van der Waals surface area contributed by atoms with E-state index in [0.717, 1.165) is 40.3 Å². The molecule has 2 aromatic carbocycles. The van der Waals surface area contributed by atoms with Crippen LogP contribution >= 0.6 is 11.3 Å². The Morgan fingerprint density at radius 3 is 2.46 bits per heavy atom. The Morgan fingerprint density at radius 2 is 1.86 bits per heavy atom. The number of hydrogen-bond donors (Lipinski definition) is 0. The van der Waals surface area contributed by atoms with Crippen LogP contribution in [-0.2, 0) is 6.54 Å². The zero-order valence-corrected chi connectivity index (χ0v) is 17.5. The molecule has 3 rings (SSSR count). The molecule has 0 amide bonds. The number of rotatable bonds is 6. The van der Waals surface area contributed by atoms with Crippen molar-refractivity contribution in [2.45, 2.75) is 40.7 Å². The molecule has 1 aromatic heterocycles. The number of hydrogen-bond acceptors (Lipinski definition) is 4. The van der Waals surface area contributed by atoms with Crippen LogP contribution in [0.3, 0.4) is 0 Å². The minimum absolute atomic E-state index is 0.105. The quantitative estimate of drug-likeness (QED) is 0.378. The normalized spacial score (nSPS) is 12.0. The third-order valence-electron chi connectivity index (χ3n) is 4.67. The molecule has 0 bridgehead atoms. The van der Waals surface area contributed by atoms with Crippen molar-refractivity contribution < 1.29 is 4.92 Å². The molecule has 5 nitrogen and oxygen atoms in total. The molecule has 0 unspecified atom stereocenters. The van der Waals surface area contributed by atoms with Crippen LogP contribution in [0.5, 0.6) is 0 Å². The number of benzene rings is 2. The van der Waals surface area contributed by atoms with Gasteiger partial charge < -0.3 is 4.57 Å². The second-order valence-corrected chi connectivity index (χ2v) is 8.28. The van der Waals surface area contributed by atoms with Crippen LogP contribution in [0.1, 0.15) is 31.4 Å². The topological polar surface area (TPSA) is 60.4 Å². The lowest BCUT2D eigenvalue weighted by Crippen LogP contribution is -2.17. The van der Waals surface area contributed by atoms with Crippen LogP contribution in [0.4, 0.5) is 11.4 Å². The highest BCUT2D eigenvalue weighted by Crippen LogP contribution is 2.25. The van der Waals surface area contributed by atoms with Gasteiger partial charge in [0, 0.05) is 24.1 Å². The number of nitrogens with zero attached hydrogens (tertiary/aromatic N) is 3. The summed E-state index contributed by atoms with van der Waals surface area (Å²) in [6, 6.07) is 13.0. The van der Waals surface area contributed by atoms with Crippen LogP contribution in [0.2, 0.25) is 0 Å². The number of aryl methyl sites for hydroxylation is 2. The Labute approximate surface area is 169 Å². The fraction of sp³-hybridized carbons (Fsp3) is 0.318. The maximum atomic E-state index is 10.9. The average molecular weight is 396 g/mol. The van der Waals surface area contributed by atoms with Gasteiger partial charge in [0.05, 0.1) is 16.3 Å². The third kappa shape index (κ3) is 4.57. The largest absolute Gasteiger partial charge is 0.316 e. The summed E-state index contributed by atoms with van der Waals surface area (Å²) in [6.45, 7) is 9.43. The molecule has 0 aliphatic carbocycles. The molecule has 28 heavy (non-hydrogen) atoms. The predicted octanol–water partition coefficient (Wildman–Crippen LogP) is 6.02. The summed E-state index contributed by atoms with van der Waals surface area (Å²) < 4.78 is 2.23. The number of nitro benzene ring substituents is 1. The van der Waals surface area contributed by atoms with Gasteiger partial charge in [0.1, 0.15) is 0 Å². The van der Waals surface area contributed by atoms with Crippen molar-refractivity contribution in [3.63, 3.8) is 0 Å². The summed E-state index contributed by atoms with van der Waals surface area (Å²) in [5.41, 5.74) is 5.47. The minimum atomic E-state index is -0.370. The van der Waals surface area contributed by atoms with Gasteiger partial charge in [-0.15, -0.1) is 11.3 Å². The van der Waals surface area contributed by atoms with Crippen molar-refractivity contribution in [3.05, 3.63) is 73.9 Å². The highest BCUT2D eigenvalue weighted by atomic mass is 32.1. The Morgan fingerprint density at radius 1 is 1.14 bits per heavy atom. The maximum Gasteiger partial charge on any atom is 0.269 e. The van der Waals surface area contributed by atoms with E-state index in [4.69, 9.17) is 4.99 Å². The molecular formula is C22H25N3O2S. The Hall–Kier alpha value is -2.73. The molecule has 0 saturated carbocycles. The highest BCUT2D eigenvalue weighted by molar-refractivity contribution is 7.07. The lowest BCUT2D eigenvalue weighted by molar-refractivity contribution is -0.384. The molecule has 0 N–H and O–H groups in total. The van der Waals surface area contributed by atoms with Gasteiger partial charge in [-0.1, -0.05) is 31.5 Å². The van der Waals surface area contributed by atoms with E-state index in [2.05, 4.69) is 55.8 Å². The molecule has 0 aliphatic rings. The molecule has 0 spiro atoms. The highest BCUT2D eigenvalue weighted by Gasteiger charge is 2.11. The number of aromatic nitrogens is 1. The molecule has 0 saturated heterocycles. The Bertz CT molecular complexity index is 1050. The van der Waals surface area contributed by atoms with Gasteiger partial charge in [-0.3, -0.25) is 10.1 Å². The smallest absolute Gasteiger partial charge is 0.269 e. The van der Waals surface area contributed by atoms with Crippen molar-refractivity contribution in [3.8, 4) is 11.3 Å². The predicted molar refractivity (Wildman–Crippen MR) is 115 cm³/mol. The lowest BCUT2D eigenvalue weighted by atomic mass is 10.1. The van der Waals surface area contributed by atoms with Gasteiger partial charge in [-0.25, -0.2) is 4.99 Å². The molecule has 0 radical (unpaired) electrons. The second kappa shape index (κ2) is 8.52.